The van der Waals surface area contributed by atoms with Gasteiger partial charge in [0.05, 0.1) is 18.3 Å². The molecule has 14 heavy (non-hydrogen) atoms. The van der Waals surface area contributed by atoms with E-state index in [0.29, 0.717) is 6.10 Å². The van der Waals surface area contributed by atoms with Crippen molar-refractivity contribution in [2.24, 2.45) is 5.41 Å². The number of rotatable bonds is 2. The zero-order valence-corrected chi connectivity index (χ0v) is 9.97. The molecule has 1 fully saturated rings. The maximum Gasteiger partial charge on any atom is 0.0621 e. The molecule has 0 aromatic rings. The van der Waals surface area contributed by atoms with Crippen LogP contribution in [0.2, 0.25) is 0 Å². The Balaban J connectivity index is 2.23. The summed E-state index contributed by atoms with van der Waals surface area (Å²) < 4.78 is 5.83. The molecule has 0 unspecified atom stereocenters. The molecule has 0 aromatic carbocycles. The highest BCUT2D eigenvalue weighted by molar-refractivity contribution is 4.82. The lowest BCUT2D eigenvalue weighted by atomic mass is 9.85. The Morgan fingerprint density at radius 2 is 1.79 bits per heavy atom. The van der Waals surface area contributed by atoms with E-state index in [0.717, 1.165) is 32.3 Å². The fourth-order valence-corrected chi connectivity index (χ4v) is 1.75. The van der Waals surface area contributed by atoms with Gasteiger partial charge in [0, 0.05) is 0 Å². The molecule has 0 bridgehead atoms. The Labute approximate surface area is 87.7 Å². The van der Waals surface area contributed by atoms with Crippen molar-refractivity contribution in [2.45, 2.75) is 65.1 Å². The van der Waals surface area contributed by atoms with E-state index in [1.807, 2.05) is 6.92 Å². The zero-order valence-electron chi connectivity index (χ0n) is 9.97. The van der Waals surface area contributed by atoms with Gasteiger partial charge in [-0.05, 0) is 38.0 Å². The molecule has 0 heterocycles. The predicted molar refractivity (Wildman–Crippen MR) is 58.3 cm³/mol. The second-order valence-corrected chi connectivity index (χ2v) is 6.07. The van der Waals surface area contributed by atoms with E-state index in [1.165, 1.54) is 0 Å². The van der Waals surface area contributed by atoms with Gasteiger partial charge in [-0.2, -0.15) is 0 Å². The zero-order chi connectivity index (χ0) is 10.8. The minimum absolute atomic E-state index is 0.250. The molecular weight excluding hydrogens is 176 g/mol. The van der Waals surface area contributed by atoms with Gasteiger partial charge < -0.3 is 9.84 Å². The first kappa shape index (κ1) is 12.0. The lowest BCUT2D eigenvalue weighted by Crippen LogP contribution is -2.34. The van der Waals surface area contributed by atoms with Crippen molar-refractivity contribution < 1.29 is 9.84 Å². The molecule has 1 rings (SSSR count). The maximum absolute atomic E-state index is 9.76. The van der Waals surface area contributed by atoms with E-state index in [4.69, 9.17) is 4.74 Å². The van der Waals surface area contributed by atoms with Crippen molar-refractivity contribution in [1.82, 2.24) is 0 Å². The van der Waals surface area contributed by atoms with Crippen molar-refractivity contribution in [2.75, 3.05) is 6.61 Å². The van der Waals surface area contributed by atoms with Crippen LogP contribution in [0.3, 0.4) is 0 Å². The summed E-state index contributed by atoms with van der Waals surface area (Å²) in [5, 5.41) is 9.76. The summed E-state index contributed by atoms with van der Waals surface area (Å²) in [6.45, 7) is 9.30. The third kappa shape index (κ3) is 4.43. The van der Waals surface area contributed by atoms with Crippen LogP contribution in [0.5, 0.6) is 0 Å². The minimum atomic E-state index is -0.443. The molecule has 1 aliphatic rings. The van der Waals surface area contributed by atoms with Crippen LogP contribution in [0.25, 0.3) is 0 Å². The molecule has 0 amide bonds. The van der Waals surface area contributed by atoms with Crippen LogP contribution < -0.4 is 0 Å². The van der Waals surface area contributed by atoms with E-state index in [1.54, 1.807) is 0 Å². The van der Waals surface area contributed by atoms with Gasteiger partial charge in [-0.3, -0.25) is 0 Å². The number of ether oxygens (including phenoxy) is 1. The second kappa shape index (κ2) is 4.19. The molecule has 0 spiro atoms. The second-order valence-electron chi connectivity index (χ2n) is 6.07. The summed E-state index contributed by atoms with van der Waals surface area (Å²) in [7, 11) is 0. The molecule has 84 valence electrons. The summed E-state index contributed by atoms with van der Waals surface area (Å²) in [6, 6.07) is 0. The van der Waals surface area contributed by atoms with Crippen LogP contribution in [0.4, 0.5) is 0 Å². The SMILES string of the molecule is CC(C)(C)COC1CCC(C)(O)CC1. The highest BCUT2D eigenvalue weighted by Gasteiger charge is 2.29. The quantitative estimate of drug-likeness (QED) is 0.742. The smallest absolute Gasteiger partial charge is 0.0621 e. The monoisotopic (exact) mass is 200 g/mol. The topological polar surface area (TPSA) is 29.5 Å². The summed E-state index contributed by atoms with van der Waals surface area (Å²) in [4.78, 5) is 0. The van der Waals surface area contributed by atoms with Gasteiger partial charge >= 0.3 is 0 Å². The van der Waals surface area contributed by atoms with E-state index in [-0.39, 0.29) is 5.41 Å². The molecule has 0 saturated heterocycles. The normalized spacial score (nSPS) is 34.5. The first-order valence-corrected chi connectivity index (χ1v) is 5.63. The molecule has 1 saturated carbocycles. The highest BCUT2D eigenvalue weighted by Crippen LogP contribution is 2.30. The van der Waals surface area contributed by atoms with Gasteiger partial charge in [-0.25, -0.2) is 0 Å². The van der Waals surface area contributed by atoms with Crippen LogP contribution in [0, 0.1) is 5.41 Å². The fraction of sp³-hybridized carbons (Fsp3) is 1.00. The van der Waals surface area contributed by atoms with Crippen molar-refractivity contribution in [3.63, 3.8) is 0 Å². The molecular formula is C12H24O2. The standard InChI is InChI=1S/C12H24O2/c1-11(2,3)9-14-10-5-7-12(4,13)8-6-10/h10,13H,5-9H2,1-4H3. The first-order valence-electron chi connectivity index (χ1n) is 5.63. The lowest BCUT2D eigenvalue weighted by molar-refractivity contribution is -0.0609. The largest absolute Gasteiger partial charge is 0.390 e. The predicted octanol–water partition coefficient (Wildman–Crippen LogP) is 2.74. The van der Waals surface area contributed by atoms with Crippen LogP contribution in [-0.2, 0) is 4.74 Å². The van der Waals surface area contributed by atoms with Gasteiger partial charge in [0.1, 0.15) is 0 Å². The molecule has 0 aliphatic heterocycles. The van der Waals surface area contributed by atoms with Crippen LogP contribution >= 0.6 is 0 Å². The Morgan fingerprint density at radius 3 is 2.21 bits per heavy atom. The van der Waals surface area contributed by atoms with Gasteiger partial charge in [0.25, 0.3) is 0 Å². The Morgan fingerprint density at radius 1 is 1.29 bits per heavy atom. The van der Waals surface area contributed by atoms with E-state index in [2.05, 4.69) is 20.8 Å². The van der Waals surface area contributed by atoms with Crippen LogP contribution in [0.1, 0.15) is 53.4 Å². The first-order chi connectivity index (χ1) is 6.29. The van der Waals surface area contributed by atoms with E-state index >= 15 is 0 Å². The highest BCUT2D eigenvalue weighted by atomic mass is 16.5. The van der Waals surface area contributed by atoms with Crippen LogP contribution in [-0.4, -0.2) is 23.4 Å². The Kier molecular flexibility index (Phi) is 3.59. The summed E-state index contributed by atoms with van der Waals surface area (Å²) in [5.74, 6) is 0. The third-order valence-corrected chi connectivity index (χ3v) is 2.76. The van der Waals surface area contributed by atoms with Gasteiger partial charge in [0.15, 0.2) is 0 Å². The molecule has 1 aliphatic carbocycles. The van der Waals surface area contributed by atoms with Gasteiger partial charge in [-0.15, -0.1) is 0 Å². The average molecular weight is 200 g/mol. The Bertz CT molecular complexity index is 169. The van der Waals surface area contributed by atoms with Crippen molar-refractivity contribution in [3.05, 3.63) is 0 Å². The van der Waals surface area contributed by atoms with Crippen molar-refractivity contribution in [3.8, 4) is 0 Å². The minimum Gasteiger partial charge on any atom is -0.390 e. The van der Waals surface area contributed by atoms with E-state index in [9.17, 15) is 5.11 Å². The molecule has 0 radical (unpaired) electrons. The molecule has 2 heteroatoms. The average Bonchev–Trinajstić information content (AvgIpc) is 2.01. The van der Waals surface area contributed by atoms with Crippen molar-refractivity contribution in [1.29, 1.82) is 0 Å². The van der Waals surface area contributed by atoms with Crippen LogP contribution in [0.15, 0.2) is 0 Å². The molecule has 0 aromatic heterocycles. The summed E-state index contributed by atoms with van der Waals surface area (Å²) >= 11 is 0. The summed E-state index contributed by atoms with van der Waals surface area (Å²) in [5.41, 5.74) is -0.193. The molecule has 0 atom stereocenters. The third-order valence-electron chi connectivity index (χ3n) is 2.76. The van der Waals surface area contributed by atoms with E-state index < -0.39 is 5.60 Å². The Hall–Kier alpha value is -0.0800. The fourth-order valence-electron chi connectivity index (χ4n) is 1.75. The number of aliphatic hydroxyl groups is 1. The number of hydrogen-bond acceptors (Lipinski definition) is 2. The van der Waals surface area contributed by atoms with Gasteiger partial charge in [0.2, 0.25) is 0 Å². The maximum atomic E-state index is 9.76. The lowest BCUT2D eigenvalue weighted by Gasteiger charge is -2.34. The molecule has 2 nitrogen and oxygen atoms in total. The summed E-state index contributed by atoms with van der Waals surface area (Å²) in [6.07, 6.45) is 4.13. The number of hydrogen-bond donors (Lipinski definition) is 1. The van der Waals surface area contributed by atoms with Gasteiger partial charge in [-0.1, -0.05) is 20.8 Å². The van der Waals surface area contributed by atoms with Crippen molar-refractivity contribution >= 4 is 0 Å². The molecule has 1 N–H and O–H groups in total.